The number of carbonyl (C=O) groups is 1. The monoisotopic (exact) mass is 399 g/mol. The average molecular weight is 400 g/mol. The zero-order valence-corrected chi connectivity index (χ0v) is 15.6. The molecule has 130 valence electrons. The molecule has 1 unspecified atom stereocenters. The molecule has 0 heterocycles. The van der Waals surface area contributed by atoms with Gasteiger partial charge in [0.2, 0.25) is 0 Å². The van der Waals surface area contributed by atoms with Gasteiger partial charge in [0.25, 0.3) is 5.54 Å². The summed E-state index contributed by atoms with van der Waals surface area (Å²) in [4.78, 5) is 12.2. The molecule has 0 amide bonds. The zero-order chi connectivity index (χ0) is 18.3. The maximum atomic E-state index is 14.2. The quantitative estimate of drug-likeness (QED) is 0.497. The summed E-state index contributed by atoms with van der Waals surface area (Å²) in [5, 5.41) is 17.1. The smallest absolute Gasteiger partial charge is 0.351 e. The molecular weight excluding hydrogens is 381 g/mol. The Balaban J connectivity index is 3.39. The highest BCUT2D eigenvalue weighted by molar-refractivity contribution is 9.10. The number of nitrogens with zero attached hydrogens (tertiary/aromatic N) is 3. The summed E-state index contributed by atoms with van der Waals surface area (Å²) in [6.45, 7) is 7.04. The Morgan fingerprint density at radius 2 is 2.08 bits per heavy atom. The van der Waals surface area contributed by atoms with E-state index in [1.54, 1.807) is 27.7 Å². The highest BCUT2D eigenvalue weighted by atomic mass is 79.9. The molecule has 1 aromatic carbocycles. The van der Waals surface area contributed by atoms with E-state index >= 15 is 0 Å². The van der Waals surface area contributed by atoms with Gasteiger partial charge < -0.3 is 9.47 Å². The van der Waals surface area contributed by atoms with Crippen molar-refractivity contribution in [2.45, 2.75) is 33.2 Å². The first-order chi connectivity index (χ1) is 11.3. The first-order valence-corrected chi connectivity index (χ1v) is 8.24. The molecule has 1 rings (SSSR count). The number of halogens is 2. The molecule has 0 bridgehead atoms. The van der Waals surface area contributed by atoms with E-state index in [-0.39, 0.29) is 18.0 Å². The number of hydrogen-bond acceptors (Lipinski definition) is 6. The van der Waals surface area contributed by atoms with Crippen LogP contribution in [0, 0.1) is 23.1 Å². The summed E-state index contributed by atoms with van der Waals surface area (Å²) in [5.41, 5.74) is -2.02. The lowest BCUT2D eigenvalue weighted by Crippen LogP contribution is -2.41. The van der Waals surface area contributed by atoms with E-state index in [4.69, 9.17) is 9.47 Å². The maximum absolute atomic E-state index is 14.2. The van der Waals surface area contributed by atoms with Crippen molar-refractivity contribution in [3.8, 4) is 11.8 Å². The van der Waals surface area contributed by atoms with E-state index in [1.807, 2.05) is 6.07 Å². The van der Waals surface area contributed by atoms with Crippen LogP contribution in [0.15, 0.2) is 26.8 Å². The second-order valence-corrected chi connectivity index (χ2v) is 6.04. The van der Waals surface area contributed by atoms with E-state index in [0.717, 1.165) is 0 Å². The number of benzene rings is 1. The molecule has 0 N–H and O–H groups in total. The van der Waals surface area contributed by atoms with Gasteiger partial charge in [0.15, 0.2) is 17.3 Å². The van der Waals surface area contributed by atoms with E-state index < -0.39 is 23.2 Å². The lowest BCUT2D eigenvalue weighted by molar-refractivity contribution is -0.148. The molecule has 0 aliphatic heterocycles. The molecule has 0 aliphatic rings. The van der Waals surface area contributed by atoms with Crippen molar-refractivity contribution >= 4 is 27.6 Å². The topological polar surface area (TPSA) is 84.0 Å². The van der Waals surface area contributed by atoms with Gasteiger partial charge in [-0.05, 0) is 26.0 Å². The number of ether oxygens (including phenoxy) is 2. The summed E-state index contributed by atoms with van der Waals surface area (Å²) < 4.78 is 24.9. The van der Waals surface area contributed by atoms with Gasteiger partial charge in [0.05, 0.1) is 13.2 Å². The third-order valence-electron chi connectivity index (χ3n) is 3.19. The average Bonchev–Trinajstić information content (AvgIpc) is 2.50. The van der Waals surface area contributed by atoms with Gasteiger partial charge in [-0.25, -0.2) is 9.18 Å². The van der Waals surface area contributed by atoms with Crippen molar-refractivity contribution < 1.29 is 18.7 Å². The van der Waals surface area contributed by atoms with Crippen LogP contribution in [-0.2, 0) is 9.53 Å². The van der Waals surface area contributed by atoms with Crippen LogP contribution in [-0.4, -0.2) is 24.7 Å². The van der Waals surface area contributed by atoms with Crippen LogP contribution in [0.5, 0.6) is 5.75 Å². The Bertz CT molecular complexity index is 673. The molecular formula is C16H19BrFN3O3. The largest absolute Gasteiger partial charge is 0.491 e. The number of azo groups is 1. The molecule has 0 spiro atoms. The summed E-state index contributed by atoms with van der Waals surface area (Å²) >= 11 is 3.17. The van der Waals surface area contributed by atoms with E-state index in [9.17, 15) is 14.4 Å². The number of hydrogen-bond donors (Lipinski definition) is 0. The normalized spacial score (nSPS) is 13.6. The Hall–Kier alpha value is -2.01. The van der Waals surface area contributed by atoms with Gasteiger partial charge in [-0.1, -0.05) is 29.8 Å². The van der Waals surface area contributed by atoms with Gasteiger partial charge in [-0.15, -0.1) is 5.11 Å². The zero-order valence-electron chi connectivity index (χ0n) is 14.0. The fourth-order valence-corrected chi connectivity index (χ4v) is 2.27. The van der Waals surface area contributed by atoms with Crippen molar-refractivity contribution in [2.75, 3.05) is 13.2 Å². The van der Waals surface area contributed by atoms with Crippen LogP contribution in [0.4, 0.5) is 10.1 Å². The summed E-state index contributed by atoms with van der Waals surface area (Å²) in [7, 11) is 0. The highest BCUT2D eigenvalue weighted by Gasteiger charge is 2.44. The third kappa shape index (κ3) is 4.29. The van der Waals surface area contributed by atoms with Gasteiger partial charge in [0.1, 0.15) is 6.07 Å². The van der Waals surface area contributed by atoms with Gasteiger partial charge in [-0.3, -0.25) is 0 Å². The molecule has 0 aliphatic carbocycles. The molecule has 0 radical (unpaired) electrons. The predicted molar refractivity (Wildman–Crippen MR) is 89.6 cm³/mol. The second-order valence-electron chi connectivity index (χ2n) is 5.12. The fourth-order valence-electron chi connectivity index (χ4n) is 1.86. The van der Waals surface area contributed by atoms with Crippen LogP contribution in [0.1, 0.15) is 27.7 Å². The van der Waals surface area contributed by atoms with Crippen molar-refractivity contribution in [1.82, 2.24) is 0 Å². The Morgan fingerprint density at radius 3 is 2.58 bits per heavy atom. The van der Waals surface area contributed by atoms with Crippen LogP contribution in [0.2, 0.25) is 0 Å². The van der Waals surface area contributed by atoms with Crippen LogP contribution in [0.3, 0.4) is 0 Å². The summed E-state index contributed by atoms with van der Waals surface area (Å²) in [5.74, 6) is -1.86. The minimum absolute atomic E-state index is 0.0986. The highest BCUT2D eigenvalue weighted by Crippen LogP contribution is 2.36. The lowest BCUT2D eigenvalue weighted by Gasteiger charge is -2.22. The van der Waals surface area contributed by atoms with Crippen molar-refractivity contribution in [3.05, 3.63) is 22.4 Å². The molecule has 24 heavy (non-hydrogen) atoms. The number of carbonyl (C=O) groups excluding carboxylic acids is 1. The number of nitriles is 1. The van der Waals surface area contributed by atoms with Crippen molar-refractivity contribution in [2.24, 2.45) is 16.1 Å². The molecule has 6 nitrogen and oxygen atoms in total. The number of esters is 1. The Kier molecular flexibility index (Phi) is 7.29. The van der Waals surface area contributed by atoms with Gasteiger partial charge in [0, 0.05) is 10.4 Å². The van der Waals surface area contributed by atoms with Crippen LogP contribution < -0.4 is 4.74 Å². The first kappa shape index (κ1) is 20.0. The molecule has 1 aromatic rings. The minimum Gasteiger partial charge on any atom is -0.491 e. The molecule has 1 atom stereocenters. The maximum Gasteiger partial charge on any atom is 0.351 e. The Labute approximate surface area is 148 Å². The van der Waals surface area contributed by atoms with E-state index in [0.29, 0.717) is 11.1 Å². The van der Waals surface area contributed by atoms with E-state index in [2.05, 4.69) is 26.2 Å². The first-order valence-electron chi connectivity index (χ1n) is 7.45. The Morgan fingerprint density at radius 1 is 1.42 bits per heavy atom. The summed E-state index contributed by atoms with van der Waals surface area (Å²) in [6.07, 6.45) is 0. The predicted octanol–water partition coefficient (Wildman–Crippen LogP) is 4.55. The molecule has 8 heteroatoms. The fraction of sp³-hybridized carbons (Fsp3) is 0.500. The van der Waals surface area contributed by atoms with Crippen molar-refractivity contribution in [1.29, 1.82) is 5.26 Å². The third-order valence-corrected chi connectivity index (χ3v) is 3.65. The van der Waals surface area contributed by atoms with E-state index in [1.165, 1.54) is 12.1 Å². The van der Waals surface area contributed by atoms with Gasteiger partial charge >= 0.3 is 5.97 Å². The SMILES string of the molecule is CCOC(=O)C(C#N)(/N=N/c1c(F)cc(Br)cc1OCC)C(C)C. The van der Waals surface area contributed by atoms with Crippen LogP contribution >= 0.6 is 15.9 Å². The number of rotatable bonds is 7. The van der Waals surface area contributed by atoms with Gasteiger partial charge in [-0.2, -0.15) is 10.4 Å². The molecule has 0 fully saturated rings. The lowest BCUT2D eigenvalue weighted by atomic mass is 9.89. The molecule has 0 saturated carbocycles. The second kappa shape index (κ2) is 8.73. The summed E-state index contributed by atoms with van der Waals surface area (Å²) in [6, 6.07) is 4.58. The minimum atomic E-state index is -1.85. The standard InChI is InChI=1S/C16H19BrFN3O3/c1-5-23-13-8-11(17)7-12(18)14(13)20-21-16(9-19,10(3)4)15(22)24-6-2/h7-8,10H,5-6H2,1-4H3/b21-20+. The molecule has 0 aromatic heterocycles. The van der Waals surface area contributed by atoms with Crippen LogP contribution in [0.25, 0.3) is 0 Å². The van der Waals surface area contributed by atoms with Crippen molar-refractivity contribution in [3.63, 3.8) is 0 Å². The molecule has 0 saturated heterocycles.